The zero-order valence-electron chi connectivity index (χ0n) is 26.7. The maximum Gasteiger partial charge on any atom is 0.317 e. The minimum absolute atomic E-state index is 0.0171. The van der Waals surface area contributed by atoms with Crippen molar-refractivity contribution >= 4 is 58.0 Å². The molecule has 0 bridgehead atoms. The van der Waals surface area contributed by atoms with Gasteiger partial charge in [-0.1, -0.05) is 18.2 Å². The van der Waals surface area contributed by atoms with Crippen molar-refractivity contribution in [1.29, 1.82) is 0 Å². The highest BCUT2D eigenvalue weighted by Gasteiger charge is 2.20. The van der Waals surface area contributed by atoms with E-state index in [2.05, 4.69) is 15.6 Å². The molecule has 0 saturated carbocycles. The second kappa shape index (κ2) is 18.0. The molecule has 0 atom stereocenters. The van der Waals surface area contributed by atoms with Gasteiger partial charge in [-0.3, -0.25) is 48.3 Å². The number of benzene rings is 2. The highest BCUT2D eigenvalue weighted by Crippen LogP contribution is 2.23. The maximum atomic E-state index is 13.0. The van der Waals surface area contributed by atoms with E-state index in [1.54, 1.807) is 30.3 Å². The third-order valence-corrected chi connectivity index (χ3v) is 7.15. The lowest BCUT2D eigenvalue weighted by Gasteiger charge is -2.27. The fraction of sp³-hybridized carbons (Fsp3) is 0.344. The van der Waals surface area contributed by atoms with E-state index in [1.807, 2.05) is 12.1 Å². The lowest BCUT2D eigenvalue weighted by atomic mass is 10.0. The Morgan fingerprint density at radius 3 is 1.65 bits per heavy atom. The number of aliphatic carboxylic acids is 4. The molecule has 262 valence electrons. The summed E-state index contributed by atoms with van der Waals surface area (Å²) in [5, 5.41) is 43.0. The van der Waals surface area contributed by atoms with Crippen LogP contribution in [0.1, 0.15) is 18.1 Å². The van der Waals surface area contributed by atoms with Gasteiger partial charge < -0.3 is 36.0 Å². The quantitative estimate of drug-likeness (QED) is 0.0845. The number of pyridine rings is 1. The Balaban J connectivity index is 1.68. The SMILES string of the molecule is CC(=O)Nc1ccc(Cc2cc(=O)[nH]c3cc(NC(=O)CN(CCN(CCN(CC(=O)O)CC(=O)O)CC(=O)O)CC(=O)O)ccc23)cc1. The summed E-state index contributed by atoms with van der Waals surface area (Å²) in [4.78, 5) is 88.5. The Kier molecular flexibility index (Phi) is 13.9. The molecule has 1 aromatic heterocycles. The van der Waals surface area contributed by atoms with Crippen LogP contribution in [0.15, 0.2) is 53.3 Å². The van der Waals surface area contributed by atoms with Crippen LogP contribution in [0.3, 0.4) is 0 Å². The zero-order chi connectivity index (χ0) is 36.1. The normalized spacial score (nSPS) is 11.2. The van der Waals surface area contributed by atoms with Crippen molar-refractivity contribution < 1.29 is 49.2 Å². The first-order valence-electron chi connectivity index (χ1n) is 15.0. The average molecular weight is 683 g/mol. The number of anilines is 2. The molecule has 17 heteroatoms. The van der Waals surface area contributed by atoms with Crippen LogP contribution in [0.2, 0.25) is 0 Å². The van der Waals surface area contributed by atoms with Gasteiger partial charge in [-0.2, -0.15) is 0 Å². The van der Waals surface area contributed by atoms with E-state index < -0.39 is 56.0 Å². The van der Waals surface area contributed by atoms with Gasteiger partial charge in [0.05, 0.1) is 38.2 Å². The summed E-state index contributed by atoms with van der Waals surface area (Å²) in [7, 11) is 0. The molecule has 0 spiro atoms. The molecule has 1 heterocycles. The van der Waals surface area contributed by atoms with Crippen molar-refractivity contribution in [3.63, 3.8) is 0 Å². The van der Waals surface area contributed by atoms with Gasteiger partial charge in [-0.25, -0.2) is 0 Å². The van der Waals surface area contributed by atoms with E-state index in [4.69, 9.17) is 10.2 Å². The molecule has 0 aliphatic carbocycles. The Morgan fingerprint density at radius 1 is 0.633 bits per heavy atom. The van der Waals surface area contributed by atoms with Crippen LogP contribution in [-0.2, 0) is 35.2 Å². The lowest BCUT2D eigenvalue weighted by Crippen LogP contribution is -2.46. The Morgan fingerprint density at radius 2 is 1.12 bits per heavy atom. The van der Waals surface area contributed by atoms with E-state index in [1.165, 1.54) is 22.8 Å². The second-order valence-electron chi connectivity index (χ2n) is 11.3. The zero-order valence-corrected chi connectivity index (χ0v) is 26.7. The van der Waals surface area contributed by atoms with Crippen molar-refractivity contribution in [2.45, 2.75) is 13.3 Å². The summed E-state index contributed by atoms with van der Waals surface area (Å²) in [5.74, 6) is -5.71. The summed E-state index contributed by atoms with van der Waals surface area (Å²) in [6.07, 6.45) is 0.423. The molecule has 0 aliphatic heterocycles. The molecule has 0 radical (unpaired) electrons. The van der Waals surface area contributed by atoms with Crippen molar-refractivity contribution in [2.75, 3.05) is 69.5 Å². The smallest absolute Gasteiger partial charge is 0.317 e. The summed E-state index contributed by atoms with van der Waals surface area (Å²) < 4.78 is 0. The molecule has 2 aromatic carbocycles. The molecule has 0 unspecified atom stereocenters. The number of hydrogen-bond donors (Lipinski definition) is 7. The maximum absolute atomic E-state index is 13.0. The molecule has 49 heavy (non-hydrogen) atoms. The number of carboxylic acids is 4. The van der Waals surface area contributed by atoms with Gasteiger partial charge in [-0.05, 0) is 41.8 Å². The number of aromatic amines is 1. The number of rotatable bonds is 20. The van der Waals surface area contributed by atoms with Gasteiger partial charge in [0.1, 0.15) is 0 Å². The molecule has 2 amide bonds. The molecular formula is C32H38N6O11. The number of nitrogens with one attached hydrogen (secondary N) is 3. The van der Waals surface area contributed by atoms with Crippen molar-refractivity contribution in [3.05, 3.63) is 70.0 Å². The third-order valence-electron chi connectivity index (χ3n) is 7.15. The third kappa shape index (κ3) is 13.5. The monoisotopic (exact) mass is 682 g/mol. The van der Waals surface area contributed by atoms with Gasteiger partial charge in [0.2, 0.25) is 17.4 Å². The van der Waals surface area contributed by atoms with Crippen LogP contribution in [-0.4, -0.2) is 135 Å². The van der Waals surface area contributed by atoms with Gasteiger partial charge in [0.15, 0.2) is 0 Å². The summed E-state index contributed by atoms with van der Waals surface area (Å²) in [6, 6.07) is 13.6. The minimum Gasteiger partial charge on any atom is -0.480 e. The minimum atomic E-state index is -1.26. The summed E-state index contributed by atoms with van der Waals surface area (Å²) in [6.45, 7) is -1.31. The molecule has 0 fully saturated rings. The second-order valence-corrected chi connectivity index (χ2v) is 11.3. The first-order chi connectivity index (χ1) is 23.2. The highest BCUT2D eigenvalue weighted by atomic mass is 16.4. The number of carbonyl (C=O) groups excluding carboxylic acids is 2. The van der Waals surface area contributed by atoms with E-state index in [0.717, 1.165) is 21.4 Å². The van der Waals surface area contributed by atoms with Crippen molar-refractivity contribution in [3.8, 4) is 0 Å². The molecule has 3 rings (SSSR count). The van der Waals surface area contributed by atoms with Crippen molar-refractivity contribution in [1.82, 2.24) is 19.7 Å². The van der Waals surface area contributed by atoms with E-state index >= 15 is 0 Å². The number of amides is 2. The summed E-state index contributed by atoms with van der Waals surface area (Å²) >= 11 is 0. The van der Waals surface area contributed by atoms with Gasteiger partial charge in [0.25, 0.3) is 0 Å². The first-order valence-corrected chi connectivity index (χ1v) is 15.0. The van der Waals surface area contributed by atoms with Gasteiger partial charge in [-0.15, -0.1) is 0 Å². The molecule has 17 nitrogen and oxygen atoms in total. The van der Waals surface area contributed by atoms with E-state index in [-0.39, 0.29) is 44.2 Å². The molecule has 7 N–H and O–H groups in total. The van der Waals surface area contributed by atoms with E-state index in [0.29, 0.717) is 23.3 Å². The predicted octanol–water partition coefficient (Wildman–Crippen LogP) is 0.260. The first kappa shape index (κ1) is 37.8. The van der Waals surface area contributed by atoms with Crippen LogP contribution in [0.4, 0.5) is 11.4 Å². The lowest BCUT2D eigenvalue weighted by molar-refractivity contribution is -0.143. The Bertz CT molecular complexity index is 1730. The molecule has 0 saturated heterocycles. The number of carboxylic acid groups (broad SMARTS) is 4. The summed E-state index contributed by atoms with van der Waals surface area (Å²) in [5.41, 5.74) is 2.72. The number of nitrogens with zero attached hydrogens (tertiary/aromatic N) is 3. The Hall–Kier alpha value is -5.65. The van der Waals surface area contributed by atoms with Crippen molar-refractivity contribution in [2.24, 2.45) is 0 Å². The largest absolute Gasteiger partial charge is 0.480 e. The molecular weight excluding hydrogens is 644 g/mol. The predicted molar refractivity (Wildman–Crippen MR) is 177 cm³/mol. The fourth-order valence-electron chi connectivity index (χ4n) is 5.12. The Labute approximate surface area is 279 Å². The van der Waals surface area contributed by atoms with Crippen LogP contribution in [0.5, 0.6) is 0 Å². The molecule has 3 aromatic rings. The van der Waals surface area contributed by atoms with E-state index in [9.17, 15) is 43.8 Å². The highest BCUT2D eigenvalue weighted by molar-refractivity contribution is 5.95. The number of hydrogen-bond acceptors (Lipinski definition) is 10. The van der Waals surface area contributed by atoms with Gasteiger partial charge in [0, 0.05) is 55.9 Å². The number of carbonyl (C=O) groups is 6. The number of H-pyrrole nitrogens is 1. The number of fused-ring (bicyclic) bond motifs is 1. The average Bonchev–Trinajstić information content (AvgIpc) is 2.97. The standard InChI is InChI=1S/C32H38N6O11/c1-20(39)33-23-4-2-21(3-5-23)12-22-13-27(40)35-26-14-24(6-7-25(22)26)34-28(41)15-37(17-30(44)45)10-8-36(16-29(42)43)9-11-38(18-31(46)47)19-32(48)49/h2-7,13-14H,8-12,15-19H2,1H3,(H,33,39)(H,34,41)(H,35,40)(H,42,43)(H,44,45)(H,46,47)(H,48,49). The fourth-order valence-corrected chi connectivity index (χ4v) is 5.12. The van der Waals surface area contributed by atoms with Crippen LogP contribution in [0.25, 0.3) is 10.9 Å². The van der Waals surface area contributed by atoms with Crippen LogP contribution < -0.4 is 16.2 Å². The van der Waals surface area contributed by atoms with Crippen LogP contribution in [0, 0.1) is 0 Å². The van der Waals surface area contributed by atoms with Crippen LogP contribution >= 0.6 is 0 Å². The number of aromatic nitrogens is 1. The molecule has 0 aliphatic rings. The topological polar surface area (TPSA) is 250 Å². The van der Waals surface area contributed by atoms with Gasteiger partial charge >= 0.3 is 23.9 Å².